The van der Waals surface area contributed by atoms with Crippen molar-refractivity contribution in [3.8, 4) is 0 Å². The fourth-order valence-corrected chi connectivity index (χ4v) is 4.45. The minimum atomic E-state index is -0.0423. The van der Waals surface area contributed by atoms with Crippen molar-refractivity contribution in [3.05, 3.63) is 42.2 Å². The third-order valence-electron chi connectivity index (χ3n) is 6.30. The van der Waals surface area contributed by atoms with E-state index in [0.717, 1.165) is 23.4 Å². The van der Waals surface area contributed by atoms with Gasteiger partial charge in [-0.3, -0.25) is 14.6 Å². The molecule has 2 aromatic rings. The van der Waals surface area contributed by atoms with Crippen molar-refractivity contribution in [1.29, 1.82) is 0 Å². The second kappa shape index (κ2) is 9.83. The van der Waals surface area contributed by atoms with Gasteiger partial charge in [-0.2, -0.15) is 0 Å². The zero-order valence-electron chi connectivity index (χ0n) is 17.5. The van der Waals surface area contributed by atoms with E-state index >= 15 is 0 Å². The highest BCUT2D eigenvalue weighted by Crippen LogP contribution is 2.27. The topological polar surface area (TPSA) is 66.4 Å². The smallest absolute Gasteiger partial charge is 0.246 e. The molecule has 1 aliphatic heterocycles. The predicted octanol–water partition coefficient (Wildman–Crippen LogP) is 3.67. The van der Waals surface area contributed by atoms with E-state index < -0.39 is 0 Å². The van der Waals surface area contributed by atoms with Crippen LogP contribution in [0.25, 0.3) is 17.1 Å². The molecule has 6 nitrogen and oxygen atoms in total. The van der Waals surface area contributed by atoms with Crippen LogP contribution in [-0.4, -0.2) is 57.8 Å². The molecule has 1 aliphatic carbocycles. The maximum absolute atomic E-state index is 12.5. The van der Waals surface area contributed by atoms with Crippen molar-refractivity contribution in [1.82, 2.24) is 19.8 Å². The van der Waals surface area contributed by atoms with Crippen molar-refractivity contribution < 1.29 is 9.59 Å². The van der Waals surface area contributed by atoms with Gasteiger partial charge in [-0.1, -0.05) is 44.2 Å². The van der Waals surface area contributed by atoms with Gasteiger partial charge in [0, 0.05) is 38.7 Å². The van der Waals surface area contributed by atoms with Gasteiger partial charge < -0.3 is 9.80 Å². The normalized spacial score (nSPS) is 18.3. The zero-order chi connectivity index (χ0) is 20.8. The van der Waals surface area contributed by atoms with Crippen LogP contribution >= 0.6 is 0 Å². The van der Waals surface area contributed by atoms with Crippen LogP contribution < -0.4 is 0 Å². The molecule has 30 heavy (non-hydrogen) atoms. The average Bonchev–Trinajstić information content (AvgIpc) is 2.81. The standard InChI is InChI=1S/C24H30N4O2/c29-23(12-10-19-6-2-1-3-7-19)27-14-16-28(17-15-27)24(30)13-11-20-18-25-21-8-4-5-9-22(21)26-20/h4-5,8-9,11,13,18-19H,1-3,6-7,10,12,14-17H2/b13-11+. The summed E-state index contributed by atoms with van der Waals surface area (Å²) in [6, 6.07) is 7.67. The number of nitrogens with zero attached hydrogens (tertiary/aromatic N) is 4. The summed E-state index contributed by atoms with van der Waals surface area (Å²) in [6.45, 7) is 2.42. The molecule has 0 unspecified atom stereocenters. The molecule has 2 aliphatic rings. The monoisotopic (exact) mass is 406 g/mol. The fraction of sp³-hybridized carbons (Fsp3) is 0.500. The maximum atomic E-state index is 12.5. The van der Waals surface area contributed by atoms with Gasteiger partial charge in [0.1, 0.15) is 0 Å². The molecule has 1 saturated heterocycles. The van der Waals surface area contributed by atoms with E-state index in [9.17, 15) is 9.59 Å². The van der Waals surface area contributed by atoms with Crippen molar-refractivity contribution in [3.63, 3.8) is 0 Å². The molecule has 0 atom stereocenters. The third-order valence-corrected chi connectivity index (χ3v) is 6.30. The number of amides is 2. The molecule has 0 radical (unpaired) electrons. The van der Waals surface area contributed by atoms with Gasteiger partial charge in [0.05, 0.1) is 22.9 Å². The minimum absolute atomic E-state index is 0.0423. The molecule has 2 amide bonds. The van der Waals surface area contributed by atoms with Gasteiger partial charge in [-0.15, -0.1) is 0 Å². The third kappa shape index (κ3) is 5.23. The molecule has 6 heteroatoms. The lowest BCUT2D eigenvalue weighted by molar-refractivity contribution is -0.137. The number of hydrogen-bond acceptors (Lipinski definition) is 4. The summed E-state index contributed by atoms with van der Waals surface area (Å²) < 4.78 is 0. The maximum Gasteiger partial charge on any atom is 0.246 e. The quantitative estimate of drug-likeness (QED) is 0.711. The van der Waals surface area contributed by atoms with Gasteiger partial charge in [-0.25, -0.2) is 4.98 Å². The number of piperazine rings is 1. The molecule has 0 spiro atoms. The summed E-state index contributed by atoms with van der Waals surface area (Å²) in [5.74, 6) is 0.933. The molecular weight excluding hydrogens is 376 g/mol. The Hall–Kier alpha value is -2.76. The Morgan fingerprint density at radius 2 is 1.67 bits per heavy atom. The van der Waals surface area contributed by atoms with Crippen LogP contribution in [-0.2, 0) is 9.59 Å². The van der Waals surface area contributed by atoms with E-state index in [1.807, 2.05) is 29.2 Å². The Bertz CT molecular complexity index is 912. The van der Waals surface area contributed by atoms with Crippen LogP contribution in [0, 0.1) is 5.92 Å². The second-order valence-corrected chi connectivity index (χ2v) is 8.37. The van der Waals surface area contributed by atoms with E-state index in [1.54, 1.807) is 23.2 Å². The molecule has 2 heterocycles. The van der Waals surface area contributed by atoms with E-state index in [2.05, 4.69) is 9.97 Å². The molecule has 1 saturated carbocycles. The number of hydrogen-bond donors (Lipinski definition) is 0. The van der Waals surface area contributed by atoms with Gasteiger partial charge in [0.15, 0.2) is 0 Å². The SMILES string of the molecule is O=C(/C=C/c1cnc2ccccc2n1)N1CCN(C(=O)CCC2CCCCC2)CC1. The summed E-state index contributed by atoms with van der Waals surface area (Å²) in [5, 5.41) is 0. The molecule has 1 aromatic heterocycles. The van der Waals surface area contributed by atoms with Crippen molar-refractivity contribution in [2.45, 2.75) is 44.9 Å². The molecule has 2 fully saturated rings. The number of para-hydroxylation sites is 2. The van der Waals surface area contributed by atoms with E-state index in [0.29, 0.717) is 38.3 Å². The first-order chi connectivity index (χ1) is 14.7. The van der Waals surface area contributed by atoms with Crippen LogP contribution in [0.15, 0.2) is 36.5 Å². The highest BCUT2D eigenvalue weighted by molar-refractivity contribution is 5.92. The number of carbonyl (C=O) groups excluding carboxylic acids is 2. The number of carbonyl (C=O) groups is 2. The first kappa shape index (κ1) is 20.5. The Morgan fingerprint density at radius 3 is 2.43 bits per heavy atom. The van der Waals surface area contributed by atoms with Gasteiger partial charge in [0.2, 0.25) is 11.8 Å². The first-order valence-corrected chi connectivity index (χ1v) is 11.2. The Labute approximate surface area is 178 Å². The highest BCUT2D eigenvalue weighted by Gasteiger charge is 2.24. The lowest BCUT2D eigenvalue weighted by Gasteiger charge is -2.34. The van der Waals surface area contributed by atoms with Crippen molar-refractivity contribution >= 4 is 28.9 Å². The molecular formula is C24H30N4O2. The summed E-state index contributed by atoms with van der Waals surface area (Å²) in [5.41, 5.74) is 2.32. The summed E-state index contributed by atoms with van der Waals surface area (Å²) in [4.78, 5) is 37.7. The number of benzene rings is 1. The molecule has 1 aromatic carbocycles. The first-order valence-electron chi connectivity index (χ1n) is 11.2. The minimum Gasteiger partial charge on any atom is -0.339 e. The van der Waals surface area contributed by atoms with Crippen molar-refractivity contribution in [2.75, 3.05) is 26.2 Å². The number of fused-ring (bicyclic) bond motifs is 1. The van der Waals surface area contributed by atoms with Crippen LogP contribution in [0.5, 0.6) is 0 Å². The van der Waals surface area contributed by atoms with Crippen LogP contribution in [0.3, 0.4) is 0 Å². The number of rotatable bonds is 5. The van der Waals surface area contributed by atoms with Crippen molar-refractivity contribution in [2.24, 2.45) is 5.92 Å². The lowest BCUT2D eigenvalue weighted by atomic mass is 9.86. The lowest BCUT2D eigenvalue weighted by Crippen LogP contribution is -2.50. The summed E-state index contributed by atoms with van der Waals surface area (Å²) >= 11 is 0. The molecule has 158 valence electrons. The Balaban J connectivity index is 1.24. The van der Waals surface area contributed by atoms with E-state index in [4.69, 9.17) is 0 Å². The Morgan fingerprint density at radius 1 is 0.967 bits per heavy atom. The summed E-state index contributed by atoms with van der Waals surface area (Å²) in [6.07, 6.45) is 13.2. The average molecular weight is 407 g/mol. The zero-order valence-corrected chi connectivity index (χ0v) is 17.5. The number of aromatic nitrogens is 2. The predicted molar refractivity (Wildman–Crippen MR) is 118 cm³/mol. The second-order valence-electron chi connectivity index (χ2n) is 8.37. The van der Waals surface area contributed by atoms with Crippen LogP contribution in [0.4, 0.5) is 0 Å². The van der Waals surface area contributed by atoms with Gasteiger partial charge >= 0.3 is 0 Å². The highest BCUT2D eigenvalue weighted by atomic mass is 16.2. The van der Waals surface area contributed by atoms with Gasteiger partial charge in [0.25, 0.3) is 0 Å². The van der Waals surface area contributed by atoms with Crippen LogP contribution in [0.2, 0.25) is 0 Å². The molecule has 0 bridgehead atoms. The Kier molecular flexibility index (Phi) is 6.72. The fourth-order valence-electron chi connectivity index (χ4n) is 4.45. The van der Waals surface area contributed by atoms with Gasteiger partial charge in [-0.05, 0) is 30.5 Å². The van der Waals surface area contributed by atoms with E-state index in [1.165, 1.54) is 32.1 Å². The van der Waals surface area contributed by atoms with E-state index in [-0.39, 0.29) is 11.8 Å². The molecule has 4 rings (SSSR count). The largest absolute Gasteiger partial charge is 0.339 e. The summed E-state index contributed by atoms with van der Waals surface area (Å²) in [7, 11) is 0. The molecule has 0 N–H and O–H groups in total. The van der Waals surface area contributed by atoms with Crippen LogP contribution in [0.1, 0.15) is 50.6 Å².